The Balaban J connectivity index is 0.00000324. The average Bonchev–Trinajstić information content (AvgIpc) is 2.69. The first-order chi connectivity index (χ1) is 8.40. The molecule has 108 valence electrons. The number of carbonyl (C=O) groups is 1. The maximum atomic E-state index is 13.1. The number of alkyl halides is 1. The molecule has 1 rings (SSSR count). The van der Waals surface area contributed by atoms with Crippen LogP contribution in [-0.4, -0.2) is 42.7 Å². The lowest BCUT2D eigenvalue weighted by molar-refractivity contribution is -0.125. The molecule has 2 atom stereocenters. The fourth-order valence-electron chi connectivity index (χ4n) is 2.23. The van der Waals surface area contributed by atoms with E-state index >= 15 is 0 Å². The third-order valence-electron chi connectivity index (χ3n) is 3.63. The molecule has 0 radical (unpaired) electrons. The van der Waals surface area contributed by atoms with Crippen LogP contribution < -0.4 is 5.32 Å². The number of hydrogen-bond acceptors (Lipinski definition) is 2. The fourth-order valence-corrected chi connectivity index (χ4v) is 2.23. The van der Waals surface area contributed by atoms with Gasteiger partial charge in [-0.2, -0.15) is 0 Å². The Hall–Kier alpha value is -0.640. The standard InChI is InChI=1S/C14H27FN2O.H2/c1-10(2)13(16-14(18)11(3)4)6-8-17-7-5-12(15)9-17;/h10-13H,5-9H2,1-4H3,(H,16,18);1H/t12-,13+;/m1./s1. The van der Waals surface area contributed by atoms with Crippen LogP contribution in [-0.2, 0) is 4.79 Å². The normalized spacial score (nSPS) is 22.7. The number of likely N-dealkylation sites (tertiary alicyclic amines) is 1. The summed E-state index contributed by atoms with van der Waals surface area (Å²) in [6.45, 7) is 10.3. The molecule has 1 fully saturated rings. The number of nitrogens with zero attached hydrogens (tertiary/aromatic N) is 1. The molecular weight excluding hydrogens is 231 g/mol. The van der Waals surface area contributed by atoms with E-state index in [1.807, 2.05) is 13.8 Å². The lowest BCUT2D eigenvalue weighted by Crippen LogP contribution is -2.42. The first kappa shape index (κ1) is 15.4. The van der Waals surface area contributed by atoms with Gasteiger partial charge in [-0.3, -0.25) is 4.79 Å². The van der Waals surface area contributed by atoms with E-state index in [2.05, 4.69) is 24.1 Å². The van der Waals surface area contributed by atoms with Crippen LogP contribution in [0, 0.1) is 11.8 Å². The van der Waals surface area contributed by atoms with Gasteiger partial charge in [0.25, 0.3) is 0 Å². The van der Waals surface area contributed by atoms with Crippen LogP contribution in [0.3, 0.4) is 0 Å². The molecule has 18 heavy (non-hydrogen) atoms. The van der Waals surface area contributed by atoms with Crippen LogP contribution in [0.4, 0.5) is 4.39 Å². The van der Waals surface area contributed by atoms with Crippen LogP contribution in [0.5, 0.6) is 0 Å². The van der Waals surface area contributed by atoms with E-state index in [4.69, 9.17) is 0 Å². The van der Waals surface area contributed by atoms with Crippen molar-refractivity contribution in [2.24, 2.45) is 11.8 Å². The summed E-state index contributed by atoms with van der Waals surface area (Å²) in [5.74, 6) is 0.545. The second-order valence-corrected chi connectivity index (χ2v) is 5.99. The highest BCUT2D eigenvalue weighted by atomic mass is 19.1. The summed E-state index contributed by atoms with van der Waals surface area (Å²) in [6.07, 6.45) is 0.904. The van der Waals surface area contributed by atoms with Gasteiger partial charge in [0.2, 0.25) is 5.91 Å². The molecule has 0 aromatic heterocycles. The fraction of sp³-hybridized carbons (Fsp3) is 0.929. The van der Waals surface area contributed by atoms with Crippen molar-refractivity contribution in [3.63, 3.8) is 0 Å². The Kier molecular flexibility index (Phi) is 6.06. The van der Waals surface area contributed by atoms with Gasteiger partial charge in [-0.1, -0.05) is 27.7 Å². The first-order valence-corrected chi connectivity index (χ1v) is 7.07. The van der Waals surface area contributed by atoms with Crippen molar-refractivity contribution >= 4 is 5.91 Å². The highest BCUT2D eigenvalue weighted by Gasteiger charge is 2.24. The summed E-state index contributed by atoms with van der Waals surface area (Å²) in [6, 6.07) is 0.193. The summed E-state index contributed by atoms with van der Waals surface area (Å²) in [5.41, 5.74) is 0. The number of halogens is 1. The predicted molar refractivity (Wildman–Crippen MR) is 74.3 cm³/mol. The molecule has 0 spiro atoms. The highest BCUT2D eigenvalue weighted by Crippen LogP contribution is 2.15. The van der Waals surface area contributed by atoms with Crippen molar-refractivity contribution in [2.75, 3.05) is 19.6 Å². The van der Waals surface area contributed by atoms with Crippen molar-refractivity contribution in [2.45, 2.75) is 52.8 Å². The zero-order chi connectivity index (χ0) is 13.7. The van der Waals surface area contributed by atoms with Crippen molar-refractivity contribution in [1.29, 1.82) is 0 Å². The summed E-state index contributed by atoms with van der Waals surface area (Å²) in [7, 11) is 0. The van der Waals surface area contributed by atoms with Gasteiger partial charge < -0.3 is 10.2 Å². The number of rotatable bonds is 6. The van der Waals surface area contributed by atoms with E-state index in [-0.39, 0.29) is 19.3 Å². The largest absolute Gasteiger partial charge is 0.353 e. The Morgan fingerprint density at radius 2 is 2.11 bits per heavy atom. The van der Waals surface area contributed by atoms with Crippen molar-refractivity contribution in [1.82, 2.24) is 10.2 Å². The summed E-state index contributed by atoms with van der Waals surface area (Å²) in [5, 5.41) is 3.09. The minimum absolute atomic E-state index is 0. The van der Waals surface area contributed by atoms with E-state index in [1.165, 1.54) is 0 Å². The van der Waals surface area contributed by atoms with E-state index in [0.717, 1.165) is 19.5 Å². The summed E-state index contributed by atoms with van der Waals surface area (Å²) < 4.78 is 13.1. The van der Waals surface area contributed by atoms with Gasteiger partial charge in [-0.25, -0.2) is 4.39 Å². The molecule has 1 aliphatic heterocycles. The Labute approximate surface area is 112 Å². The van der Waals surface area contributed by atoms with Gasteiger partial charge in [-0.05, 0) is 18.8 Å². The molecule has 0 aromatic carbocycles. The Morgan fingerprint density at radius 1 is 1.44 bits per heavy atom. The molecule has 0 aliphatic carbocycles. The number of hydrogen-bond donors (Lipinski definition) is 1. The lowest BCUT2D eigenvalue weighted by atomic mass is 9.99. The molecule has 0 aromatic rings. The molecule has 1 amide bonds. The van der Waals surface area contributed by atoms with Gasteiger partial charge >= 0.3 is 0 Å². The van der Waals surface area contributed by atoms with Gasteiger partial charge in [0.15, 0.2) is 0 Å². The molecule has 1 aliphatic rings. The smallest absolute Gasteiger partial charge is 0.222 e. The van der Waals surface area contributed by atoms with E-state index < -0.39 is 6.17 Å². The van der Waals surface area contributed by atoms with Crippen molar-refractivity contribution in [3.05, 3.63) is 0 Å². The van der Waals surface area contributed by atoms with Crippen LogP contribution in [0.2, 0.25) is 0 Å². The topological polar surface area (TPSA) is 32.3 Å². The number of amides is 1. The van der Waals surface area contributed by atoms with Gasteiger partial charge in [0.05, 0.1) is 0 Å². The molecule has 4 heteroatoms. The maximum absolute atomic E-state index is 13.1. The Bertz CT molecular complexity index is 274. The quantitative estimate of drug-likeness (QED) is 0.795. The van der Waals surface area contributed by atoms with Gasteiger partial charge in [0.1, 0.15) is 6.17 Å². The van der Waals surface area contributed by atoms with Crippen molar-refractivity contribution < 1.29 is 10.6 Å². The van der Waals surface area contributed by atoms with Crippen molar-refractivity contribution in [3.8, 4) is 0 Å². The lowest BCUT2D eigenvalue weighted by Gasteiger charge is -2.25. The Morgan fingerprint density at radius 3 is 2.56 bits per heavy atom. The van der Waals surface area contributed by atoms with E-state index in [0.29, 0.717) is 18.9 Å². The number of nitrogens with one attached hydrogen (secondary N) is 1. The average molecular weight is 260 g/mol. The molecule has 1 N–H and O–H groups in total. The molecule has 3 nitrogen and oxygen atoms in total. The first-order valence-electron chi connectivity index (χ1n) is 7.07. The van der Waals surface area contributed by atoms with Crippen LogP contribution in [0.25, 0.3) is 0 Å². The monoisotopic (exact) mass is 260 g/mol. The predicted octanol–water partition coefficient (Wildman–Crippen LogP) is 2.46. The molecule has 1 saturated heterocycles. The third kappa shape index (κ3) is 4.92. The second-order valence-electron chi connectivity index (χ2n) is 5.99. The SMILES string of the molecule is CC(C)C(=O)N[C@@H](CCN1CC[C@@H](F)C1)C(C)C.[HH]. The summed E-state index contributed by atoms with van der Waals surface area (Å²) in [4.78, 5) is 13.9. The molecule has 1 heterocycles. The number of carbonyl (C=O) groups excluding carboxylic acids is 1. The molecule has 0 unspecified atom stereocenters. The van der Waals surface area contributed by atoms with Gasteiger partial charge in [-0.15, -0.1) is 0 Å². The molecule has 0 bridgehead atoms. The second kappa shape index (κ2) is 7.07. The molecule has 0 saturated carbocycles. The summed E-state index contributed by atoms with van der Waals surface area (Å²) >= 11 is 0. The molecular formula is C14H29FN2O. The minimum atomic E-state index is -0.659. The van der Waals surface area contributed by atoms with E-state index in [1.54, 1.807) is 0 Å². The van der Waals surface area contributed by atoms with Crippen LogP contribution in [0.1, 0.15) is 42.0 Å². The van der Waals surface area contributed by atoms with Gasteiger partial charge in [0, 0.05) is 33.0 Å². The maximum Gasteiger partial charge on any atom is 0.222 e. The third-order valence-corrected chi connectivity index (χ3v) is 3.63. The van der Waals surface area contributed by atoms with E-state index in [9.17, 15) is 9.18 Å². The van der Waals surface area contributed by atoms with Crippen LogP contribution in [0.15, 0.2) is 0 Å². The van der Waals surface area contributed by atoms with Crippen LogP contribution >= 0.6 is 0 Å². The highest BCUT2D eigenvalue weighted by molar-refractivity contribution is 5.78. The zero-order valence-electron chi connectivity index (χ0n) is 12.1. The zero-order valence-corrected chi connectivity index (χ0v) is 12.1. The minimum Gasteiger partial charge on any atom is -0.353 e.